The van der Waals surface area contributed by atoms with E-state index in [1.807, 2.05) is 0 Å². The maximum absolute atomic E-state index is 13.2. The lowest BCUT2D eigenvalue weighted by Gasteiger charge is -2.60. The monoisotopic (exact) mass is 524 g/mol. The Bertz CT molecular complexity index is 950. The molecule has 4 saturated heterocycles. The maximum atomic E-state index is 13.2. The third-order valence-corrected chi connectivity index (χ3v) is 8.57. The molecule has 0 amide bonds. The van der Waals surface area contributed by atoms with Crippen LogP contribution in [0.3, 0.4) is 0 Å². The number of halogens is 6. The molecule has 5 aliphatic rings. The van der Waals surface area contributed by atoms with Crippen LogP contribution in [-0.4, -0.2) is 29.1 Å². The topological polar surface area (TPSA) is 57.2 Å². The Morgan fingerprint density at radius 3 is 2.25 bits per heavy atom. The molecule has 0 radical (unpaired) electrons. The van der Waals surface area contributed by atoms with E-state index in [-0.39, 0.29) is 36.3 Å². The average molecular weight is 524 g/mol. The van der Waals surface area contributed by atoms with Crippen LogP contribution in [-0.2, 0) is 38.0 Å². The van der Waals surface area contributed by atoms with Gasteiger partial charge in [-0.2, -0.15) is 26.3 Å². The van der Waals surface area contributed by atoms with Crippen molar-refractivity contribution >= 4 is 0 Å². The van der Waals surface area contributed by atoms with Gasteiger partial charge in [0.05, 0.1) is 11.1 Å². The minimum Gasteiger partial charge on any atom is -0.368 e. The molecule has 4 aliphatic heterocycles. The van der Waals surface area contributed by atoms with Gasteiger partial charge in [-0.05, 0) is 81.0 Å². The first kappa shape index (κ1) is 26.2. The molecule has 36 heavy (non-hydrogen) atoms. The molecule has 0 aromatic heterocycles. The van der Waals surface area contributed by atoms with Crippen LogP contribution in [0.15, 0.2) is 18.2 Å². The second kappa shape index (κ2) is 8.83. The Hall–Kier alpha value is -1.40. The van der Waals surface area contributed by atoms with Crippen molar-refractivity contribution in [3.63, 3.8) is 0 Å². The number of ether oxygens (including phenoxy) is 2. The lowest BCUT2D eigenvalue weighted by molar-refractivity contribution is -0.577. The molecule has 1 aromatic carbocycles. The summed E-state index contributed by atoms with van der Waals surface area (Å²) in [5.41, 5.74) is -3.63. The first-order valence-corrected chi connectivity index (χ1v) is 12.4. The molecule has 11 heteroatoms. The number of hydrogen-bond donors (Lipinski definition) is 1. The Morgan fingerprint density at radius 2 is 1.61 bits per heavy atom. The summed E-state index contributed by atoms with van der Waals surface area (Å²) in [5, 5.41) is 10.9. The molecule has 202 valence electrons. The van der Waals surface area contributed by atoms with Crippen molar-refractivity contribution in [2.75, 3.05) is 0 Å². The van der Waals surface area contributed by atoms with E-state index in [2.05, 4.69) is 6.92 Å². The Labute approximate surface area is 205 Å². The molecule has 5 nitrogen and oxygen atoms in total. The van der Waals surface area contributed by atoms with Crippen LogP contribution in [0.4, 0.5) is 26.3 Å². The lowest BCUT2D eigenvalue weighted by atomic mass is 9.57. The minimum atomic E-state index is -4.89. The number of aryl methyl sites for hydroxylation is 1. The van der Waals surface area contributed by atoms with E-state index in [1.54, 1.807) is 6.92 Å². The van der Waals surface area contributed by atoms with Crippen molar-refractivity contribution in [3.8, 4) is 0 Å². The van der Waals surface area contributed by atoms with Crippen LogP contribution in [0.25, 0.3) is 0 Å². The van der Waals surface area contributed by atoms with Crippen molar-refractivity contribution in [2.24, 2.45) is 23.7 Å². The van der Waals surface area contributed by atoms with Gasteiger partial charge in [-0.15, -0.1) is 0 Å². The molecular weight excluding hydrogens is 494 g/mol. The van der Waals surface area contributed by atoms with Gasteiger partial charge < -0.3 is 14.6 Å². The van der Waals surface area contributed by atoms with Crippen LogP contribution in [0.2, 0.25) is 0 Å². The zero-order valence-electron chi connectivity index (χ0n) is 20.0. The molecule has 2 unspecified atom stereocenters. The zero-order valence-corrected chi connectivity index (χ0v) is 20.0. The number of aliphatic hydroxyl groups is 1. The van der Waals surface area contributed by atoms with Crippen molar-refractivity contribution in [1.82, 2.24) is 0 Å². The highest BCUT2D eigenvalue weighted by atomic mass is 19.4. The number of benzene rings is 1. The second-order valence-corrected chi connectivity index (χ2v) is 10.9. The first-order valence-electron chi connectivity index (χ1n) is 12.4. The van der Waals surface area contributed by atoms with Gasteiger partial charge >= 0.3 is 12.4 Å². The van der Waals surface area contributed by atoms with Gasteiger partial charge in [0.2, 0.25) is 5.79 Å². The lowest BCUT2D eigenvalue weighted by Crippen LogP contribution is -2.70. The summed E-state index contributed by atoms with van der Waals surface area (Å²) < 4.78 is 91.4. The summed E-state index contributed by atoms with van der Waals surface area (Å²) in [6.07, 6.45) is -8.20. The number of aliphatic hydroxyl groups excluding tert-OH is 1. The standard InChI is InChI=1S/C25H30F6O5/c1-13-6-7-19-17(20(32)33-21-23(19)18(13)8-9-22(2,34-21)35-36-23)5-3-4-14-10-15(24(26,27)28)12-16(11-14)25(29,30)31/h10-13,17-21,32H,3-9H2,1-2H3/t13-,17-,18+,19+,20?,21?,22+,23-/m1/s1. The van der Waals surface area contributed by atoms with Crippen LogP contribution >= 0.6 is 0 Å². The molecular formula is C25H30F6O5. The van der Waals surface area contributed by atoms with Crippen LogP contribution in [0.1, 0.15) is 69.1 Å². The average Bonchev–Trinajstić information content (AvgIpc) is 3.01. The van der Waals surface area contributed by atoms with E-state index in [4.69, 9.17) is 19.2 Å². The van der Waals surface area contributed by atoms with Gasteiger partial charge in [0.25, 0.3) is 0 Å². The molecule has 1 N–H and O–H groups in total. The van der Waals surface area contributed by atoms with E-state index in [0.717, 1.165) is 25.0 Å². The number of rotatable bonds is 4. The number of hydrogen-bond acceptors (Lipinski definition) is 5. The maximum Gasteiger partial charge on any atom is 0.416 e. The first-order chi connectivity index (χ1) is 16.7. The molecule has 1 spiro atoms. The second-order valence-electron chi connectivity index (χ2n) is 10.9. The Morgan fingerprint density at radius 1 is 0.944 bits per heavy atom. The highest BCUT2D eigenvalue weighted by Gasteiger charge is 2.69. The SMILES string of the molecule is C[C@@H]1CC[C@H]2[C@@H](CCCc3cc(C(F)(F)F)cc(C(F)(F)F)c3)C(O)OC3O[C@]4(C)CC[C@@H]1[C@]32OO4. The van der Waals surface area contributed by atoms with Crippen molar-refractivity contribution < 1.29 is 50.7 Å². The van der Waals surface area contributed by atoms with Gasteiger partial charge in [-0.25, -0.2) is 9.78 Å². The van der Waals surface area contributed by atoms with Crippen molar-refractivity contribution in [3.05, 3.63) is 34.9 Å². The van der Waals surface area contributed by atoms with Gasteiger partial charge in [0, 0.05) is 18.3 Å². The Balaban J connectivity index is 1.36. The smallest absolute Gasteiger partial charge is 0.368 e. The summed E-state index contributed by atoms with van der Waals surface area (Å²) in [7, 11) is 0. The zero-order chi connectivity index (χ0) is 26.1. The molecule has 1 saturated carbocycles. The van der Waals surface area contributed by atoms with Gasteiger partial charge in [0.1, 0.15) is 0 Å². The predicted molar refractivity (Wildman–Crippen MR) is 113 cm³/mol. The molecule has 2 bridgehead atoms. The predicted octanol–water partition coefficient (Wildman–Crippen LogP) is 6.23. The van der Waals surface area contributed by atoms with Gasteiger partial charge in [-0.1, -0.05) is 6.92 Å². The fourth-order valence-electron chi connectivity index (χ4n) is 6.79. The Kier molecular flexibility index (Phi) is 6.43. The summed E-state index contributed by atoms with van der Waals surface area (Å²) >= 11 is 0. The third kappa shape index (κ3) is 4.44. The highest BCUT2D eigenvalue weighted by Crippen LogP contribution is 2.61. The highest BCUT2D eigenvalue weighted by molar-refractivity contribution is 5.33. The molecule has 5 fully saturated rings. The van der Waals surface area contributed by atoms with Gasteiger partial charge in [-0.3, -0.25) is 0 Å². The number of fused-ring (bicyclic) bond motifs is 2. The van der Waals surface area contributed by atoms with Crippen LogP contribution in [0, 0.1) is 23.7 Å². The summed E-state index contributed by atoms with van der Waals surface area (Å²) in [5.74, 6) is -1.23. The number of alkyl halides is 6. The molecule has 8 atom stereocenters. The van der Waals surface area contributed by atoms with E-state index in [9.17, 15) is 31.4 Å². The van der Waals surface area contributed by atoms with E-state index in [1.165, 1.54) is 0 Å². The fourth-order valence-corrected chi connectivity index (χ4v) is 6.79. The van der Waals surface area contributed by atoms with Crippen molar-refractivity contribution in [1.29, 1.82) is 0 Å². The molecule has 4 heterocycles. The normalized spacial score (nSPS) is 40.6. The fraction of sp³-hybridized carbons (Fsp3) is 0.760. The van der Waals surface area contributed by atoms with Crippen molar-refractivity contribution in [2.45, 2.75) is 95.1 Å². The molecule has 6 rings (SSSR count). The van der Waals surface area contributed by atoms with Crippen LogP contribution in [0.5, 0.6) is 0 Å². The molecule has 1 aliphatic carbocycles. The van der Waals surface area contributed by atoms with E-state index < -0.39 is 53.4 Å². The van der Waals surface area contributed by atoms with Crippen LogP contribution < -0.4 is 0 Å². The largest absolute Gasteiger partial charge is 0.416 e. The summed E-state index contributed by atoms with van der Waals surface area (Å²) in [4.78, 5) is 11.8. The minimum absolute atomic E-state index is 0.00880. The summed E-state index contributed by atoms with van der Waals surface area (Å²) in [6, 6.07) is 1.65. The van der Waals surface area contributed by atoms with Gasteiger partial charge in [0.15, 0.2) is 18.2 Å². The summed E-state index contributed by atoms with van der Waals surface area (Å²) in [6.45, 7) is 3.91. The third-order valence-electron chi connectivity index (χ3n) is 8.57. The molecule has 1 aromatic rings. The van der Waals surface area contributed by atoms with E-state index >= 15 is 0 Å². The quantitative estimate of drug-likeness (QED) is 0.374. The van der Waals surface area contributed by atoms with E-state index in [0.29, 0.717) is 25.2 Å².